The highest BCUT2D eigenvalue weighted by atomic mass is 15.3. The molecule has 0 aliphatic rings. The monoisotopic (exact) mass is 286 g/mol. The van der Waals surface area contributed by atoms with Gasteiger partial charge in [-0.25, -0.2) is 0 Å². The van der Waals surface area contributed by atoms with Gasteiger partial charge in [-0.15, -0.1) is 0 Å². The van der Waals surface area contributed by atoms with Gasteiger partial charge in [-0.05, 0) is 37.6 Å². The number of rotatable bonds is 8. The molecule has 2 heterocycles. The summed E-state index contributed by atoms with van der Waals surface area (Å²) in [4.78, 5) is 4.45. The molecule has 0 aromatic carbocycles. The fraction of sp³-hybridized carbons (Fsp3) is 0.529. The molecule has 0 saturated heterocycles. The lowest BCUT2D eigenvalue weighted by atomic mass is 10.0. The molecule has 1 atom stereocenters. The molecule has 0 aliphatic carbocycles. The lowest BCUT2D eigenvalue weighted by Crippen LogP contribution is -2.34. The Bertz CT molecular complexity index is 533. The Hall–Kier alpha value is -1.68. The third-order valence-electron chi connectivity index (χ3n) is 3.71. The number of aromatic nitrogens is 3. The summed E-state index contributed by atoms with van der Waals surface area (Å²) in [6, 6.07) is 8.74. The minimum absolute atomic E-state index is 0.403. The first-order valence-electron chi connectivity index (χ1n) is 7.88. The van der Waals surface area contributed by atoms with Crippen molar-refractivity contribution in [1.82, 2.24) is 20.1 Å². The molecule has 0 aliphatic heterocycles. The number of aryl methyl sites for hydroxylation is 2. The molecule has 1 unspecified atom stereocenters. The molecule has 0 fully saturated rings. The summed E-state index contributed by atoms with van der Waals surface area (Å²) in [6.45, 7) is 5.38. The molecule has 0 radical (unpaired) electrons. The average molecular weight is 286 g/mol. The number of nitrogens with zero attached hydrogens (tertiary/aromatic N) is 3. The summed E-state index contributed by atoms with van der Waals surface area (Å²) in [5.41, 5.74) is 3.60. The number of hydrogen-bond donors (Lipinski definition) is 1. The zero-order valence-electron chi connectivity index (χ0n) is 13.3. The molecule has 0 bridgehead atoms. The van der Waals surface area contributed by atoms with Crippen molar-refractivity contribution >= 4 is 0 Å². The fourth-order valence-corrected chi connectivity index (χ4v) is 2.52. The van der Waals surface area contributed by atoms with Crippen LogP contribution in [0.2, 0.25) is 0 Å². The van der Waals surface area contributed by atoms with Gasteiger partial charge >= 0.3 is 0 Å². The molecule has 21 heavy (non-hydrogen) atoms. The third-order valence-corrected chi connectivity index (χ3v) is 3.71. The maximum absolute atomic E-state index is 4.54. The van der Waals surface area contributed by atoms with E-state index in [1.807, 2.05) is 24.0 Å². The van der Waals surface area contributed by atoms with Crippen LogP contribution in [-0.2, 0) is 26.3 Å². The van der Waals surface area contributed by atoms with Gasteiger partial charge in [-0.1, -0.05) is 19.9 Å². The first-order chi connectivity index (χ1) is 10.2. The topological polar surface area (TPSA) is 42.7 Å². The van der Waals surface area contributed by atoms with E-state index in [0.29, 0.717) is 6.04 Å². The van der Waals surface area contributed by atoms with Crippen LogP contribution in [0.25, 0.3) is 0 Å². The number of pyridine rings is 1. The molecule has 114 valence electrons. The predicted octanol–water partition coefficient (Wildman–Crippen LogP) is 2.53. The van der Waals surface area contributed by atoms with Crippen LogP contribution in [0.3, 0.4) is 0 Å². The minimum Gasteiger partial charge on any atom is -0.313 e. The molecule has 2 rings (SSSR count). The van der Waals surface area contributed by atoms with Gasteiger partial charge in [0.1, 0.15) is 0 Å². The predicted molar refractivity (Wildman–Crippen MR) is 86.3 cm³/mol. The summed E-state index contributed by atoms with van der Waals surface area (Å²) in [6.07, 6.45) is 5.93. The van der Waals surface area contributed by atoms with Crippen molar-refractivity contribution in [2.24, 2.45) is 7.05 Å². The number of hydrogen-bond acceptors (Lipinski definition) is 3. The van der Waals surface area contributed by atoms with Gasteiger partial charge in [0.2, 0.25) is 0 Å². The molecule has 1 N–H and O–H groups in total. The Labute approximate surface area is 127 Å². The third kappa shape index (κ3) is 4.67. The van der Waals surface area contributed by atoms with Gasteiger partial charge in [-0.3, -0.25) is 9.67 Å². The Morgan fingerprint density at radius 3 is 2.67 bits per heavy atom. The largest absolute Gasteiger partial charge is 0.313 e. The molecule has 4 heteroatoms. The van der Waals surface area contributed by atoms with E-state index in [1.54, 1.807) is 0 Å². The number of nitrogens with one attached hydrogen (secondary N) is 1. The highest BCUT2D eigenvalue weighted by Crippen LogP contribution is 2.10. The zero-order valence-corrected chi connectivity index (χ0v) is 13.3. The summed E-state index contributed by atoms with van der Waals surface area (Å²) < 4.78 is 2.01. The Morgan fingerprint density at radius 1 is 1.19 bits per heavy atom. The zero-order chi connectivity index (χ0) is 15.1. The van der Waals surface area contributed by atoms with Crippen molar-refractivity contribution in [2.45, 2.75) is 45.6 Å². The van der Waals surface area contributed by atoms with Gasteiger partial charge in [0.15, 0.2) is 0 Å². The van der Waals surface area contributed by atoms with Gasteiger partial charge in [0.05, 0.1) is 5.69 Å². The highest BCUT2D eigenvalue weighted by Gasteiger charge is 2.14. The van der Waals surface area contributed by atoms with Crippen molar-refractivity contribution in [1.29, 1.82) is 0 Å². The van der Waals surface area contributed by atoms with Crippen LogP contribution in [0, 0.1) is 0 Å². The minimum atomic E-state index is 0.403. The molecular weight excluding hydrogens is 260 g/mol. The van der Waals surface area contributed by atoms with E-state index >= 15 is 0 Å². The first kappa shape index (κ1) is 15.7. The second-order valence-corrected chi connectivity index (χ2v) is 5.48. The molecule has 2 aromatic rings. The van der Waals surface area contributed by atoms with Crippen LogP contribution >= 0.6 is 0 Å². The lowest BCUT2D eigenvalue weighted by molar-refractivity contribution is 0.486. The quantitative estimate of drug-likeness (QED) is 0.811. The molecule has 4 nitrogen and oxygen atoms in total. The van der Waals surface area contributed by atoms with Crippen molar-refractivity contribution < 1.29 is 0 Å². The normalized spacial score (nSPS) is 12.5. The van der Waals surface area contributed by atoms with Crippen LogP contribution in [0.1, 0.15) is 37.4 Å². The van der Waals surface area contributed by atoms with E-state index in [0.717, 1.165) is 37.9 Å². The van der Waals surface area contributed by atoms with E-state index in [2.05, 4.69) is 47.4 Å². The van der Waals surface area contributed by atoms with Crippen LogP contribution < -0.4 is 5.32 Å². The van der Waals surface area contributed by atoms with Crippen molar-refractivity contribution in [3.63, 3.8) is 0 Å². The van der Waals surface area contributed by atoms with Gasteiger partial charge in [0.25, 0.3) is 0 Å². The summed E-state index contributed by atoms with van der Waals surface area (Å²) in [7, 11) is 2.03. The summed E-state index contributed by atoms with van der Waals surface area (Å²) >= 11 is 0. The maximum Gasteiger partial charge on any atom is 0.0624 e. The first-order valence-corrected chi connectivity index (χ1v) is 7.88. The second-order valence-electron chi connectivity index (χ2n) is 5.48. The average Bonchev–Trinajstić information content (AvgIpc) is 2.86. The van der Waals surface area contributed by atoms with Crippen LogP contribution in [-0.4, -0.2) is 27.4 Å². The SMILES string of the molecule is CCCNC(Cc1ccccn1)Cc1cc(CC)nn1C. The second kappa shape index (κ2) is 7.93. The van der Waals surface area contributed by atoms with Crippen LogP contribution in [0.15, 0.2) is 30.5 Å². The van der Waals surface area contributed by atoms with E-state index in [9.17, 15) is 0 Å². The van der Waals surface area contributed by atoms with Gasteiger partial charge in [-0.2, -0.15) is 5.10 Å². The molecule has 2 aromatic heterocycles. The Kier molecular flexibility index (Phi) is 5.93. The Morgan fingerprint density at radius 2 is 2.05 bits per heavy atom. The summed E-state index contributed by atoms with van der Waals surface area (Å²) in [5, 5.41) is 8.18. The van der Waals surface area contributed by atoms with E-state index in [4.69, 9.17) is 0 Å². The van der Waals surface area contributed by atoms with Crippen LogP contribution in [0.4, 0.5) is 0 Å². The standard InChI is InChI=1S/C17H26N4/c1-4-9-18-16(11-15-8-6-7-10-19-15)13-17-12-14(5-2)20-21(17)3/h6-8,10,12,16,18H,4-5,9,11,13H2,1-3H3. The molecular formula is C17H26N4. The highest BCUT2D eigenvalue weighted by molar-refractivity contribution is 5.13. The van der Waals surface area contributed by atoms with E-state index in [1.165, 1.54) is 11.4 Å². The van der Waals surface area contributed by atoms with Crippen molar-refractivity contribution in [2.75, 3.05) is 6.54 Å². The maximum atomic E-state index is 4.54. The van der Waals surface area contributed by atoms with Gasteiger partial charge < -0.3 is 5.32 Å². The van der Waals surface area contributed by atoms with E-state index < -0.39 is 0 Å². The lowest BCUT2D eigenvalue weighted by Gasteiger charge is -2.18. The fourth-order valence-electron chi connectivity index (χ4n) is 2.52. The van der Waals surface area contributed by atoms with Crippen LogP contribution in [0.5, 0.6) is 0 Å². The summed E-state index contributed by atoms with van der Waals surface area (Å²) in [5.74, 6) is 0. The van der Waals surface area contributed by atoms with Crippen molar-refractivity contribution in [3.05, 3.63) is 47.5 Å². The smallest absolute Gasteiger partial charge is 0.0624 e. The molecule has 0 saturated carbocycles. The molecule has 0 amide bonds. The Balaban J connectivity index is 2.06. The van der Waals surface area contributed by atoms with Crippen molar-refractivity contribution in [3.8, 4) is 0 Å². The molecule has 0 spiro atoms. The van der Waals surface area contributed by atoms with Gasteiger partial charge in [0, 0.05) is 43.5 Å². The van der Waals surface area contributed by atoms with E-state index in [-0.39, 0.29) is 0 Å².